The van der Waals surface area contributed by atoms with Crippen molar-refractivity contribution in [1.29, 1.82) is 0 Å². The number of benzene rings is 2. The molecular formula is C21H25IN6O2. The van der Waals surface area contributed by atoms with Crippen molar-refractivity contribution in [2.45, 2.75) is 26.6 Å². The van der Waals surface area contributed by atoms with Crippen LogP contribution in [0.4, 0.5) is 5.69 Å². The molecule has 0 aliphatic heterocycles. The van der Waals surface area contributed by atoms with Gasteiger partial charge < -0.3 is 10.6 Å². The molecule has 3 aromatic rings. The summed E-state index contributed by atoms with van der Waals surface area (Å²) >= 11 is 0. The third-order valence-corrected chi connectivity index (χ3v) is 4.34. The predicted octanol–water partition coefficient (Wildman–Crippen LogP) is 3.71. The van der Waals surface area contributed by atoms with Gasteiger partial charge in [0.25, 0.3) is 5.69 Å². The van der Waals surface area contributed by atoms with E-state index in [1.54, 1.807) is 18.3 Å². The number of hydrogen-bond acceptors (Lipinski definition) is 4. The molecule has 0 aliphatic carbocycles. The lowest BCUT2D eigenvalue weighted by molar-refractivity contribution is -0.384. The summed E-state index contributed by atoms with van der Waals surface area (Å²) in [5.74, 6) is 0.660. The van der Waals surface area contributed by atoms with Crippen molar-refractivity contribution in [3.63, 3.8) is 0 Å². The average Bonchev–Trinajstić information content (AvgIpc) is 3.24. The molecule has 0 fully saturated rings. The Bertz CT molecular complexity index is 975. The fourth-order valence-corrected chi connectivity index (χ4v) is 2.91. The molecule has 0 amide bonds. The molecule has 1 aromatic heterocycles. The lowest BCUT2D eigenvalue weighted by Crippen LogP contribution is -2.37. The van der Waals surface area contributed by atoms with Crippen LogP contribution in [0, 0.1) is 10.1 Å². The Morgan fingerprint density at radius 2 is 1.93 bits per heavy atom. The molecule has 2 N–H and O–H groups in total. The van der Waals surface area contributed by atoms with E-state index in [4.69, 9.17) is 0 Å². The van der Waals surface area contributed by atoms with Crippen LogP contribution >= 0.6 is 24.0 Å². The van der Waals surface area contributed by atoms with Crippen LogP contribution in [0.5, 0.6) is 0 Å². The number of halogens is 1. The van der Waals surface area contributed by atoms with Crippen molar-refractivity contribution in [1.82, 2.24) is 20.4 Å². The minimum atomic E-state index is -0.396. The quantitative estimate of drug-likeness (QED) is 0.155. The first-order valence-electron chi connectivity index (χ1n) is 9.45. The fraction of sp³-hybridized carbons (Fsp3) is 0.238. The van der Waals surface area contributed by atoms with Crippen molar-refractivity contribution in [3.05, 3.63) is 93.8 Å². The molecule has 0 saturated heterocycles. The van der Waals surface area contributed by atoms with Gasteiger partial charge in [-0.05, 0) is 29.7 Å². The van der Waals surface area contributed by atoms with Gasteiger partial charge in [-0.25, -0.2) is 4.99 Å². The van der Waals surface area contributed by atoms with Crippen LogP contribution in [-0.4, -0.2) is 27.2 Å². The summed E-state index contributed by atoms with van der Waals surface area (Å²) in [5.41, 5.74) is 3.20. The Kier molecular flexibility index (Phi) is 9.26. The van der Waals surface area contributed by atoms with E-state index >= 15 is 0 Å². The minimum Gasteiger partial charge on any atom is -0.357 e. The number of aliphatic imine (C=N–C) groups is 1. The highest BCUT2D eigenvalue weighted by molar-refractivity contribution is 14.0. The molecule has 3 rings (SSSR count). The largest absolute Gasteiger partial charge is 0.357 e. The van der Waals surface area contributed by atoms with Gasteiger partial charge in [0.2, 0.25) is 0 Å². The highest BCUT2D eigenvalue weighted by Gasteiger charge is 2.07. The second-order valence-corrected chi connectivity index (χ2v) is 6.45. The molecule has 0 saturated carbocycles. The summed E-state index contributed by atoms with van der Waals surface area (Å²) in [6, 6.07) is 16.6. The smallest absolute Gasteiger partial charge is 0.269 e. The van der Waals surface area contributed by atoms with Gasteiger partial charge in [-0.1, -0.05) is 36.4 Å². The molecule has 0 spiro atoms. The van der Waals surface area contributed by atoms with E-state index in [1.807, 2.05) is 42.1 Å². The zero-order chi connectivity index (χ0) is 20.5. The number of rotatable bonds is 8. The molecule has 30 heavy (non-hydrogen) atoms. The molecule has 158 valence electrons. The fourth-order valence-electron chi connectivity index (χ4n) is 2.91. The normalized spacial score (nSPS) is 10.9. The first-order valence-corrected chi connectivity index (χ1v) is 9.45. The van der Waals surface area contributed by atoms with E-state index in [1.165, 1.54) is 11.6 Å². The third kappa shape index (κ3) is 6.83. The van der Waals surface area contributed by atoms with Gasteiger partial charge in [-0.2, -0.15) is 5.10 Å². The minimum absolute atomic E-state index is 0. The van der Waals surface area contributed by atoms with Crippen molar-refractivity contribution >= 4 is 35.6 Å². The topological polar surface area (TPSA) is 97.4 Å². The molecule has 0 unspecified atom stereocenters. The Labute approximate surface area is 192 Å². The van der Waals surface area contributed by atoms with Gasteiger partial charge >= 0.3 is 0 Å². The molecule has 0 aliphatic rings. The van der Waals surface area contributed by atoms with E-state index in [-0.39, 0.29) is 29.7 Å². The maximum atomic E-state index is 10.9. The number of aromatic nitrogens is 2. The van der Waals surface area contributed by atoms with Gasteiger partial charge in [0.05, 0.1) is 18.0 Å². The second kappa shape index (κ2) is 11.9. The molecule has 0 radical (unpaired) electrons. The van der Waals surface area contributed by atoms with Gasteiger partial charge in [0.15, 0.2) is 5.96 Å². The number of nitrogens with zero attached hydrogens (tertiary/aromatic N) is 4. The van der Waals surface area contributed by atoms with Crippen molar-refractivity contribution in [2.24, 2.45) is 4.99 Å². The van der Waals surface area contributed by atoms with Gasteiger partial charge in [0, 0.05) is 37.6 Å². The Morgan fingerprint density at radius 3 is 2.63 bits per heavy atom. The maximum absolute atomic E-state index is 10.9. The lowest BCUT2D eigenvalue weighted by Gasteiger charge is -2.14. The van der Waals surface area contributed by atoms with Gasteiger partial charge in [0.1, 0.15) is 0 Å². The molecule has 9 heteroatoms. The monoisotopic (exact) mass is 520 g/mol. The van der Waals surface area contributed by atoms with Crippen molar-refractivity contribution in [2.75, 3.05) is 6.54 Å². The van der Waals surface area contributed by atoms with Crippen LogP contribution in [0.1, 0.15) is 23.6 Å². The number of nitro benzene ring substituents is 1. The number of nitrogens with one attached hydrogen (secondary N) is 2. The number of hydrogen-bond donors (Lipinski definition) is 2. The summed E-state index contributed by atoms with van der Waals surface area (Å²) in [7, 11) is 0. The van der Waals surface area contributed by atoms with Crippen LogP contribution in [0.2, 0.25) is 0 Å². The summed E-state index contributed by atoms with van der Waals surface area (Å²) in [4.78, 5) is 15.1. The summed E-state index contributed by atoms with van der Waals surface area (Å²) in [5, 5.41) is 21.8. The van der Waals surface area contributed by atoms with E-state index in [2.05, 4.69) is 32.9 Å². The zero-order valence-electron chi connectivity index (χ0n) is 16.7. The highest BCUT2D eigenvalue weighted by atomic mass is 127. The van der Waals surface area contributed by atoms with Crippen LogP contribution in [0.25, 0.3) is 0 Å². The van der Waals surface area contributed by atoms with E-state index in [9.17, 15) is 10.1 Å². The number of guanidine groups is 1. The summed E-state index contributed by atoms with van der Waals surface area (Å²) in [6.45, 7) is 4.38. The average molecular weight is 520 g/mol. The molecule has 0 atom stereocenters. The van der Waals surface area contributed by atoms with Crippen LogP contribution < -0.4 is 10.6 Å². The SMILES string of the molecule is CCNC(=NCc1cccc([N+](=O)[O-])c1)NCc1ccccc1Cn1cccn1.I. The lowest BCUT2D eigenvalue weighted by atomic mass is 10.1. The third-order valence-electron chi connectivity index (χ3n) is 4.34. The molecule has 8 nitrogen and oxygen atoms in total. The second-order valence-electron chi connectivity index (χ2n) is 6.45. The molecule has 0 bridgehead atoms. The van der Waals surface area contributed by atoms with Gasteiger partial charge in [-0.15, -0.1) is 24.0 Å². The van der Waals surface area contributed by atoms with E-state index < -0.39 is 4.92 Å². The molecule has 1 heterocycles. The van der Waals surface area contributed by atoms with Gasteiger partial charge in [-0.3, -0.25) is 14.8 Å². The van der Waals surface area contributed by atoms with Crippen LogP contribution in [0.15, 0.2) is 72.0 Å². The van der Waals surface area contributed by atoms with E-state index in [0.29, 0.717) is 25.6 Å². The number of non-ortho nitro benzene ring substituents is 1. The summed E-state index contributed by atoms with van der Waals surface area (Å²) < 4.78 is 1.89. The van der Waals surface area contributed by atoms with Crippen LogP contribution in [0.3, 0.4) is 0 Å². The Hall–Kier alpha value is -2.95. The molecule has 2 aromatic carbocycles. The van der Waals surface area contributed by atoms with Crippen LogP contribution in [-0.2, 0) is 19.6 Å². The zero-order valence-corrected chi connectivity index (χ0v) is 19.0. The standard InChI is InChI=1S/C21H24N6O2.HI/c1-2-22-21(23-14-17-7-5-10-20(13-17)27(28)29)24-15-18-8-3-4-9-19(18)16-26-12-6-11-25-26;/h3-13H,2,14-16H2,1H3,(H2,22,23,24);1H. The maximum Gasteiger partial charge on any atom is 0.269 e. The van der Waals surface area contributed by atoms with E-state index in [0.717, 1.165) is 17.7 Å². The first kappa shape index (κ1) is 23.3. The molecular weight excluding hydrogens is 495 g/mol. The van der Waals surface area contributed by atoms with Crippen molar-refractivity contribution in [3.8, 4) is 0 Å². The highest BCUT2D eigenvalue weighted by Crippen LogP contribution is 2.14. The first-order chi connectivity index (χ1) is 14.2. The van der Waals surface area contributed by atoms with Crippen molar-refractivity contribution < 1.29 is 4.92 Å². The summed E-state index contributed by atoms with van der Waals surface area (Å²) in [6.07, 6.45) is 3.71. The Balaban J connectivity index is 0.00000320. The predicted molar refractivity (Wildman–Crippen MR) is 128 cm³/mol. The Morgan fingerprint density at radius 1 is 1.13 bits per heavy atom. The number of nitro groups is 1.